The minimum absolute atomic E-state index is 0.274. The lowest BCUT2D eigenvalue weighted by atomic mass is 10.3. The molecule has 0 aliphatic rings. The standard InChI is InChI=1S/C10H11ClN4O/c1-7(11)9-14-15-10(16-9)13-6-8-2-4-12-5-3-8/h2-5,7H,6H2,1H3,(H,13,15). The lowest BCUT2D eigenvalue weighted by Gasteiger charge is -2.00. The third kappa shape index (κ3) is 2.70. The fourth-order valence-corrected chi connectivity index (χ4v) is 1.23. The van der Waals surface area contributed by atoms with Crippen LogP contribution in [-0.2, 0) is 6.54 Å². The zero-order valence-corrected chi connectivity index (χ0v) is 9.48. The molecule has 0 amide bonds. The second-order valence-corrected chi connectivity index (χ2v) is 3.93. The molecule has 2 aromatic heterocycles. The summed E-state index contributed by atoms with van der Waals surface area (Å²) in [6.07, 6.45) is 3.47. The Morgan fingerprint density at radius 1 is 1.38 bits per heavy atom. The Labute approximate surface area is 97.9 Å². The van der Waals surface area contributed by atoms with Gasteiger partial charge in [0, 0.05) is 18.9 Å². The first kappa shape index (κ1) is 10.9. The summed E-state index contributed by atoms with van der Waals surface area (Å²) >= 11 is 5.80. The number of halogens is 1. The van der Waals surface area contributed by atoms with Crippen LogP contribution in [0, 0.1) is 0 Å². The van der Waals surface area contributed by atoms with E-state index in [1.54, 1.807) is 19.3 Å². The molecular weight excluding hydrogens is 228 g/mol. The Kier molecular flexibility index (Phi) is 3.36. The van der Waals surface area contributed by atoms with Gasteiger partial charge in [-0.2, -0.15) is 0 Å². The molecule has 0 bridgehead atoms. The summed E-state index contributed by atoms with van der Waals surface area (Å²) in [4.78, 5) is 3.93. The van der Waals surface area contributed by atoms with E-state index in [0.717, 1.165) is 5.56 Å². The molecule has 0 aromatic carbocycles. The van der Waals surface area contributed by atoms with Crippen molar-refractivity contribution in [1.29, 1.82) is 0 Å². The number of pyridine rings is 1. The van der Waals surface area contributed by atoms with Gasteiger partial charge in [-0.3, -0.25) is 4.98 Å². The van der Waals surface area contributed by atoms with Gasteiger partial charge in [0.15, 0.2) is 0 Å². The van der Waals surface area contributed by atoms with Gasteiger partial charge in [0.05, 0.1) is 0 Å². The van der Waals surface area contributed by atoms with Gasteiger partial charge >= 0.3 is 6.01 Å². The van der Waals surface area contributed by atoms with E-state index in [-0.39, 0.29) is 5.38 Å². The van der Waals surface area contributed by atoms with Gasteiger partial charge in [-0.05, 0) is 24.6 Å². The Balaban J connectivity index is 1.95. The van der Waals surface area contributed by atoms with Crippen molar-refractivity contribution >= 4 is 17.6 Å². The molecule has 0 spiro atoms. The normalized spacial score (nSPS) is 12.4. The molecule has 0 saturated heterocycles. The fourth-order valence-electron chi connectivity index (χ4n) is 1.15. The molecule has 5 nitrogen and oxygen atoms in total. The largest absolute Gasteiger partial charge is 0.406 e. The zero-order valence-electron chi connectivity index (χ0n) is 8.72. The Bertz CT molecular complexity index is 443. The lowest BCUT2D eigenvalue weighted by molar-refractivity contribution is 0.505. The first-order valence-corrected chi connectivity index (χ1v) is 5.29. The highest BCUT2D eigenvalue weighted by Gasteiger charge is 2.10. The highest BCUT2D eigenvalue weighted by molar-refractivity contribution is 6.20. The first-order chi connectivity index (χ1) is 7.75. The summed E-state index contributed by atoms with van der Waals surface area (Å²) in [5.74, 6) is 0.416. The Morgan fingerprint density at radius 3 is 2.75 bits per heavy atom. The van der Waals surface area contributed by atoms with Crippen LogP contribution in [0.5, 0.6) is 0 Å². The molecule has 2 rings (SSSR count). The second kappa shape index (κ2) is 4.94. The van der Waals surface area contributed by atoms with Crippen LogP contribution in [-0.4, -0.2) is 15.2 Å². The van der Waals surface area contributed by atoms with E-state index in [1.807, 2.05) is 12.1 Å². The summed E-state index contributed by atoms with van der Waals surface area (Å²) in [7, 11) is 0. The molecule has 16 heavy (non-hydrogen) atoms. The lowest BCUT2D eigenvalue weighted by Crippen LogP contribution is -1.99. The average Bonchev–Trinajstić information content (AvgIpc) is 2.76. The van der Waals surface area contributed by atoms with Crippen LogP contribution in [0.2, 0.25) is 0 Å². The molecule has 0 radical (unpaired) electrons. The summed E-state index contributed by atoms with van der Waals surface area (Å²) in [6, 6.07) is 4.20. The van der Waals surface area contributed by atoms with Gasteiger partial charge in [0.25, 0.3) is 0 Å². The average molecular weight is 239 g/mol. The van der Waals surface area contributed by atoms with Crippen LogP contribution in [0.15, 0.2) is 28.9 Å². The van der Waals surface area contributed by atoms with Crippen molar-refractivity contribution in [3.63, 3.8) is 0 Å². The number of nitrogens with zero attached hydrogens (tertiary/aromatic N) is 3. The molecule has 0 aliphatic carbocycles. The van der Waals surface area contributed by atoms with Crippen molar-refractivity contribution in [3.05, 3.63) is 36.0 Å². The minimum atomic E-state index is -0.274. The number of anilines is 1. The summed E-state index contributed by atoms with van der Waals surface area (Å²) < 4.78 is 5.29. The predicted octanol–water partition coefficient (Wildman–Crippen LogP) is 2.38. The predicted molar refractivity (Wildman–Crippen MR) is 60.1 cm³/mol. The number of aromatic nitrogens is 3. The number of alkyl halides is 1. The van der Waals surface area contributed by atoms with Gasteiger partial charge in [-0.1, -0.05) is 5.10 Å². The van der Waals surface area contributed by atoms with Gasteiger partial charge in [0.1, 0.15) is 5.38 Å². The molecule has 0 fully saturated rings. The number of hydrogen-bond donors (Lipinski definition) is 1. The number of nitrogens with one attached hydrogen (secondary N) is 1. The van der Waals surface area contributed by atoms with E-state index in [9.17, 15) is 0 Å². The molecule has 2 aromatic rings. The fraction of sp³-hybridized carbons (Fsp3) is 0.300. The van der Waals surface area contributed by atoms with Crippen LogP contribution in [0.3, 0.4) is 0 Å². The highest BCUT2D eigenvalue weighted by atomic mass is 35.5. The van der Waals surface area contributed by atoms with Crippen LogP contribution in [0.1, 0.15) is 23.8 Å². The van der Waals surface area contributed by atoms with E-state index in [4.69, 9.17) is 16.0 Å². The monoisotopic (exact) mass is 238 g/mol. The highest BCUT2D eigenvalue weighted by Crippen LogP contribution is 2.19. The van der Waals surface area contributed by atoms with E-state index < -0.39 is 0 Å². The van der Waals surface area contributed by atoms with Crippen LogP contribution in [0.25, 0.3) is 0 Å². The Morgan fingerprint density at radius 2 is 2.12 bits per heavy atom. The minimum Gasteiger partial charge on any atom is -0.406 e. The maximum atomic E-state index is 5.80. The third-order valence-corrected chi connectivity index (χ3v) is 2.16. The maximum absolute atomic E-state index is 5.80. The third-order valence-electron chi connectivity index (χ3n) is 1.97. The molecule has 1 unspecified atom stereocenters. The van der Waals surface area contributed by atoms with Crippen molar-refractivity contribution < 1.29 is 4.42 Å². The second-order valence-electron chi connectivity index (χ2n) is 3.27. The molecule has 6 heteroatoms. The molecule has 0 saturated carbocycles. The van der Waals surface area contributed by atoms with Gasteiger partial charge < -0.3 is 9.73 Å². The summed E-state index contributed by atoms with van der Waals surface area (Å²) in [5, 5.41) is 10.4. The molecule has 84 valence electrons. The summed E-state index contributed by atoms with van der Waals surface area (Å²) in [6.45, 7) is 2.39. The van der Waals surface area contributed by atoms with Gasteiger partial charge in [-0.25, -0.2) is 0 Å². The van der Waals surface area contributed by atoms with E-state index >= 15 is 0 Å². The quantitative estimate of drug-likeness (QED) is 0.829. The van der Waals surface area contributed by atoms with E-state index in [0.29, 0.717) is 18.5 Å². The van der Waals surface area contributed by atoms with Crippen molar-refractivity contribution in [2.45, 2.75) is 18.8 Å². The number of rotatable bonds is 4. The van der Waals surface area contributed by atoms with Crippen molar-refractivity contribution in [2.75, 3.05) is 5.32 Å². The summed E-state index contributed by atoms with van der Waals surface area (Å²) in [5.41, 5.74) is 1.09. The Hall–Kier alpha value is -1.62. The van der Waals surface area contributed by atoms with Gasteiger partial charge in [0.2, 0.25) is 5.89 Å². The topological polar surface area (TPSA) is 63.8 Å². The number of hydrogen-bond acceptors (Lipinski definition) is 5. The van der Waals surface area contributed by atoms with E-state index in [2.05, 4.69) is 20.5 Å². The van der Waals surface area contributed by atoms with E-state index in [1.165, 1.54) is 0 Å². The maximum Gasteiger partial charge on any atom is 0.315 e. The molecule has 2 heterocycles. The molecule has 1 atom stereocenters. The first-order valence-electron chi connectivity index (χ1n) is 4.86. The molecule has 0 aliphatic heterocycles. The smallest absolute Gasteiger partial charge is 0.315 e. The van der Waals surface area contributed by atoms with Crippen molar-refractivity contribution in [1.82, 2.24) is 15.2 Å². The van der Waals surface area contributed by atoms with Crippen molar-refractivity contribution in [2.24, 2.45) is 0 Å². The van der Waals surface area contributed by atoms with Crippen LogP contribution in [0.4, 0.5) is 6.01 Å². The molecular formula is C10H11ClN4O. The molecule has 1 N–H and O–H groups in total. The van der Waals surface area contributed by atoms with Crippen LogP contribution < -0.4 is 5.32 Å². The SMILES string of the molecule is CC(Cl)c1nnc(NCc2ccncc2)o1. The van der Waals surface area contributed by atoms with Gasteiger partial charge in [-0.15, -0.1) is 16.7 Å². The van der Waals surface area contributed by atoms with Crippen molar-refractivity contribution in [3.8, 4) is 0 Å². The van der Waals surface area contributed by atoms with Crippen LogP contribution >= 0.6 is 11.6 Å². The zero-order chi connectivity index (χ0) is 11.4.